The van der Waals surface area contributed by atoms with Gasteiger partial charge in [0.1, 0.15) is 6.54 Å². The number of aryl methyl sites for hydroxylation is 1. The van der Waals surface area contributed by atoms with Gasteiger partial charge < -0.3 is 10.2 Å². The maximum absolute atomic E-state index is 14.0. The van der Waals surface area contributed by atoms with E-state index in [4.69, 9.17) is 0 Å². The third kappa shape index (κ3) is 4.12. The number of carbonyl (C=O) groups is 3. The van der Waals surface area contributed by atoms with Crippen LogP contribution < -0.4 is 5.32 Å². The monoisotopic (exact) mass is 433 g/mol. The highest BCUT2D eigenvalue weighted by atomic mass is 19.4. The van der Waals surface area contributed by atoms with Gasteiger partial charge in [0.25, 0.3) is 5.91 Å². The summed E-state index contributed by atoms with van der Waals surface area (Å²) in [6, 6.07) is 12.7. The van der Waals surface area contributed by atoms with E-state index < -0.39 is 41.7 Å². The summed E-state index contributed by atoms with van der Waals surface area (Å²) in [7, 11) is 1.46. The predicted octanol–water partition coefficient (Wildman–Crippen LogP) is 3.22. The van der Waals surface area contributed by atoms with Gasteiger partial charge in [0.05, 0.1) is 0 Å². The second kappa shape index (κ2) is 8.41. The first kappa shape index (κ1) is 22.3. The molecule has 0 aliphatic carbocycles. The van der Waals surface area contributed by atoms with Crippen LogP contribution in [0.3, 0.4) is 0 Å². The molecular formula is C22H22F3N3O3. The first-order valence-corrected chi connectivity index (χ1v) is 9.68. The van der Waals surface area contributed by atoms with Crippen molar-refractivity contribution in [3.63, 3.8) is 0 Å². The fourth-order valence-electron chi connectivity index (χ4n) is 3.46. The van der Waals surface area contributed by atoms with E-state index in [9.17, 15) is 27.6 Å². The minimum atomic E-state index is -5.09. The summed E-state index contributed by atoms with van der Waals surface area (Å²) in [6.45, 7) is 1.41. The van der Waals surface area contributed by atoms with Gasteiger partial charge in [0, 0.05) is 13.6 Å². The van der Waals surface area contributed by atoms with Crippen molar-refractivity contribution in [2.24, 2.45) is 0 Å². The largest absolute Gasteiger partial charge is 0.425 e. The summed E-state index contributed by atoms with van der Waals surface area (Å²) in [6.07, 6.45) is -4.23. The van der Waals surface area contributed by atoms with Gasteiger partial charge in [-0.3, -0.25) is 14.5 Å². The molecule has 0 aromatic heterocycles. The minimum absolute atomic E-state index is 0.190. The molecule has 0 radical (unpaired) electrons. The molecule has 0 saturated carbocycles. The predicted molar refractivity (Wildman–Crippen MR) is 107 cm³/mol. The van der Waals surface area contributed by atoms with E-state index in [0.29, 0.717) is 4.90 Å². The Kier molecular flexibility index (Phi) is 6.06. The van der Waals surface area contributed by atoms with Gasteiger partial charge in [-0.05, 0) is 23.1 Å². The van der Waals surface area contributed by atoms with E-state index >= 15 is 0 Å². The number of benzene rings is 2. The molecule has 1 fully saturated rings. The molecule has 0 bridgehead atoms. The summed E-state index contributed by atoms with van der Waals surface area (Å²) in [4.78, 5) is 39.3. The van der Waals surface area contributed by atoms with Crippen molar-refractivity contribution in [3.8, 4) is 0 Å². The Morgan fingerprint density at radius 2 is 1.61 bits per heavy atom. The highest BCUT2D eigenvalue weighted by molar-refractivity contribution is 6.09. The zero-order valence-electron chi connectivity index (χ0n) is 17.1. The molecule has 2 aromatic rings. The third-order valence-electron chi connectivity index (χ3n) is 5.31. The van der Waals surface area contributed by atoms with Crippen LogP contribution in [0.1, 0.15) is 23.6 Å². The molecule has 1 aliphatic rings. The molecule has 164 valence electrons. The van der Waals surface area contributed by atoms with Crippen molar-refractivity contribution in [2.45, 2.75) is 31.6 Å². The van der Waals surface area contributed by atoms with E-state index in [2.05, 4.69) is 0 Å². The summed E-state index contributed by atoms with van der Waals surface area (Å²) in [5.74, 6) is -2.18. The fourth-order valence-corrected chi connectivity index (χ4v) is 3.46. The number of imide groups is 1. The second-order valence-corrected chi connectivity index (χ2v) is 7.36. The lowest BCUT2D eigenvalue weighted by atomic mass is 9.89. The number of alkyl halides is 3. The van der Waals surface area contributed by atoms with Crippen molar-refractivity contribution in [1.82, 2.24) is 15.1 Å². The average Bonchev–Trinajstić information content (AvgIpc) is 3.00. The van der Waals surface area contributed by atoms with Crippen LogP contribution in [0.4, 0.5) is 18.0 Å². The van der Waals surface area contributed by atoms with Gasteiger partial charge in [0.15, 0.2) is 0 Å². The Morgan fingerprint density at radius 1 is 1.03 bits per heavy atom. The van der Waals surface area contributed by atoms with Crippen molar-refractivity contribution >= 4 is 17.8 Å². The summed E-state index contributed by atoms with van der Waals surface area (Å²) in [5.41, 5.74) is -1.69. The lowest BCUT2D eigenvalue weighted by Gasteiger charge is -2.29. The van der Waals surface area contributed by atoms with Gasteiger partial charge in [-0.25, -0.2) is 4.79 Å². The number of hydrogen-bond donors (Lipinski definition) is 1. The Hall–Kier alpha value is -3.36. The minimum Gasteiger partial charge on any atom is -0.340 e. The number of amides is 4. The SMILES string of the molecule is CCc1ccc(CN(C)C(=O)CN2C(=O)NC(c3ccccc3)(C(F)(F)F)C2=O)cc1. The van der Waals surface area contributed by atoms with Crippen molar-refractivity contribution < 1.29 is 27.6 Å². The lowest BCUT2D eigenvalue weighted by molar-refractivity contribution is -0.198. The van der Waals surface area contributed by atoms with Gasteiger partial charge in [-0.2, -0.15) is 13.2 Å². The van der Waals surface area contributed by atoms with Crippen LogP contribution in [0.15, 0.2) is 54.6 Å². The van der Waals surface area contributed by atoms with Crippen LogP contribution in [0.5, 0.6) is 0 Å². The zero-order valence-corrected chi connectivity index (χ0v) is 17.1. The first-order valence-electron chi connectivity index (χ1n) is 9.68. The topological polar surface area (TPSA) is 69.7 Å². The molecule has 3 rings (SSSR count). The molecule has 1 aliphatic heterocycles. The smallest absolute Gasteiger partial charge is 0.340 e. The fraction of sp³-hybridized carbons (Fsp3) is 0.318. The second-order valence-electron chi connectivity index (χ2n) is 7.36. The number of nitrogens with one attached hydrogen (secondary N) is 1. The number of halogens is 3. The number of hydrogen-bond acceptors (Lipinski definition) is 3. The van der Waals surface area contributed by atoms with Crippen molar-refractivity contribution in [2.75, 3.05) is 13.6 Å². The summed E-state index contributed by atoms with van der Waals surface area (Å²) < 4.78 is 42.0. The van der Waals surface area contributed by atoms with Crippen molar-refractivity contribution in [1.29, 1.82) is 0 Å². The maximum Gasteiger partial charge on any atom is 0.425 e. The van der Waals surface area contributed by atoms with E-state index in [-0.39, 0.29) is 6.54 Å². The Balaban J connectivity index is 1.79. The van der Waals surface area contributed by atoms with Gasteiger partial charge in [-0.15, -0.1) is 0 Å². The number of urea groups is 1. The molecule has 2 aromatic carbocycles. The van der Waals surface area contributed by atoms with Crippen LogP contribution in [-0.4, -0.2) is 47.4 Å². The highest BCUT2D eigenvalue weighted by Gasteiger charge is 2.68. The first-order chi connectivity index (χ1) is 14.6. The summed E-state index contributed by atoms with van der Waals surface area (Å²) >= 11 is 0. The van der Waals surface area contributed by atoms with Gasteiger partial charge >= 0.3 is 12.2 Å². The number of rotatable bonds is 6. The molecule has 9 heteroatoms. The molecule has 0 spiro atoms. The zero-order chi connectivity index (χ0) is 22.8. The quantitative estimate of drug-likeness (QED) is 0.712. The van der Waals surface area contributed by atoms with E-state index in [1.54, 1.807) is 5.32 Å². The normalized spacial score (nSPS) is 18.8. The Morgan fingerprint density at radius 3 is 2.16 bits per heavy atom. The molecule has 4 amide bonds. The van der Waals surface area contributed by atoms with Gasteiger partial charge in [-0.1, -0.05) is 61.5 Å². The molecule has 1 saturated heterocycles. The Labute approximate surface area is 177 Å². The van der Waals surface area contributed by atoms with Crippen molar-refractivity contribution in [3.05, 3.63) is 71.3 Å². The highest BCUT2D eigenvalue weighted by Crippen LogP contribution is 2.43. The van der Waals surface area contributed by atoms with Crippen LogP contribution in [0, 0.1) is 0 Å². The molecule has 1 heterocycles. The van der Waals surface area contributed by atoms with Crippen LogP contribution in [0.2, 0.25) is 0 Å². The Bertz CT molecular complexity index is 977. The van der Waals surface area contributed by atoms with Gasteiger partial charge in [0.2, 0.25) is 11.4 Å². The number of carbonyl (C=O) groups excluding carboxylic acids is 3. The number of likely N-dealkylation sites (N-methyl/N-ethyl adjacent to an activating group) is 1. The van der Waals surface area contributed by atoms with E-state index in [1.807, 2.05) is 31.2 Å². The third-order valence-corrected chi connectivity index (χ3v) is 5.31. The molecule has 6 nitrogen and oxygen atoms in total. The van der Waals surface area contributed by atoms with E-state index in [1.165, 1.54) is 30.1 Å². The van der Waals surface area contributed by atoms with E-state index in [0.717, 1.165) is 29.7 Å². The van der Waals surface area contributed by atoms with Crippen LogP contribution in [-0.2, 0) is 28.1 Å². The lowest BCUT2D eigenvalue weighted by Crippen LogP contribution is -2.56. The molecule has 1 N–H and O–H groups in total. The maximum atomic E-state index is 14.0. The molecule has 31 heavy (non-hydrogen) atoms. The standard InChI is InChI=1S/C22H22F3N3O3/c1-3-15-9-11-16(12-10-15)13-27(2)18(29)14-28-19(30)21(22(23,24)25,26-20(28)31)17-7-5-4-6-8-17/h4-12H,3,13-14H2,1-2H3,(H,26,31). The summed E-state index contributed by atoms with van der Waals surface area (Å²) in [5, 5.41) is 1.77. The number of nitrogens with zero attached hydrogens (tertiary/aromatic N) is 2. The molecular weight excluding hydrogens is 411 g/mol. The molecule has 1 atom stereocenters. The average molecular weight is 433 g/mol. The van der Waals surface area contributed by atoms with Crippen LogP contribution >= 0.6 is 0 Å². The molecule has 1 unspecified atom stereocenters. The van der Waals surface area contributed by atoms with Crippen LogP contribution in [0.25, 0.3) is 0 Å².